The zero-order valence-corrected chi connectivity index (χ0v) is 11.8. The predicted octanol–water partition coefficient (Wildman–Crippen LogP) is 3.54. The number of nitrogens with zero attached hydrogens (tertiary/aromatic N) is 3. The Bertz CT molecular complexity index is 560. The summed E-state index contributed by atoms with van der Waals surface area (Å²) in [5.74, 6) is 0.734. The van der Waals surface area contributed by atoms with Crippen LogP contribution in [0.15, 0.2) is 24.8 Å². The molecule has 2 aromatic rings. The fourth-order valence-corrected chi connectivity index (χ4v) is 2.13. The topological polar surface area (TPSA) is 47.9 Å². The first kappa shape index (κ1) is 13.7. The third-order valence-electron chi connectivity index (χ3n) is 2.69. The molecule has 0 amide bonds. The molecule has 0 aliphatic heterocycles. The Morgan fingerprint density at radius 1 is 1.21 bits per heavy atom. The lowest BCUT2D eigenvalue weighted by Gasteiger charge is -2.10. The van der Waals surface area contributed by atoms with Crippen LogP contribution in [0.4, 0.5) is 0 Å². The van der Waals surface area contributed by atoms with Gasteiger partial charge in [0.05, 0.1) is 18.5 Å². The monoisotopic (exact) mass is 277 g/mol. The van der Waals surface area contributed by atoms with Crippen molar-refractivity contribution in [2.75, 3.05) is 6.61 Å². The smallest absolute Gasteiger partial charge is 0.138 e. The summed E-state index contributed by atoms with van der Waals surface area (Å²) < 4.78 is 5.46. The van der Waals surface area contributed by atoms with Gasteiger partial charge in [0.1, 0.15) is 17.2 Å². The highest BCUT2D eigenvalue weighted by Gasteiger charge is 2.12. The van der Waals surface area contributed by atoms with Gasteiger partial charge < -0.3 is 4.74 Å². The van der Waals surface area contributed by atoms with E-state index in [9.17, 15) is 0 Å². The maximum absolute atomic E-state index is 6.16. The maximum Gasteiger partial charge on any atom is 0.138 e. The van der Waals surface area contributed by atoms with E-state index in [-0.39, 0.29) is 0 Å². The summed E-state index contributed by atoms with van der Waals surface area (Å²) in [4.78, 5) is 12.6. The zero-order chi connectivity index (χ0) is 13.7. The molecule has 0 saturated heterocycles. The molecule has 0 aliphatic carbocycles. The van der Waals surface area contributed by atoms with Crippen LogP contribution < -0.4 is 4.74 Å². The molecule has 5 heteroatoms. The first-order valence-corrected chi connectivity index (χ1v) is 6.71. The molecular formula is C14H16ClN3O. The van der Waals surface area contributed by atoms with Gasteiger partial charge in [0.15, 0.2) is 0 Å². The molecule has 0 aliphatic rings. The molecule has 0 radical (unpaired) electrons. The summed E-state index contributed by atoms with van der Waals surface area (Å²) in [6, 6.07) is 1.92. The molecule has 4 nitrogen and oxygen atoms in total. The van der Waals surface area contributed by atoms with E-state index in [1.165, 1.54) is 6.33 Å². The highest BCUT2D eigenvalue weighted by molar-refractivity contribution is 6.30. The van der Waals surface area contributed by atoms with E-state index in [4.69, 9.17) is 16.3 Å². The van der Waals surface area contributed by atoms with Crippen LogP contribution >= 0.6 is 11.6 Å². The Balaban J connectivity index is 2.46. The van der Waals surface area contributed by atoms with E-state index in [0.29, 0.717) is 11.8 Å². The van der Waals surface area contributed by atoms with E-state index in [1.807, 2.05) is 13.0 Å². The highest BCUT2D eigenvalue weighted by atomic mass is 35.5. The van der Waals surface area contributed by atoms with Gasteiger partial charge in [-0.05, 0) is 19.4 Å². The second-order valence-corrected chi connectivity index (χ2v) is 4.44. The van der Waals surface area contributed by atoms with Crippen molar-refractivity contribution >= 4 is 11.6 Å². The minimum Gasteiger partial charge on any atom is -0.492 e. The van der Waals surface area contributed by atoms with Gasteiger partial charge >= 0.3 is 0 Å². The molecule has 2 aromatic heterocycles. The summed E-state index contributed by atoms with van der Waals surface area (Å²) in [7, 11) is 0. The van der Waals surface area contributed by atoms with Gasteiger partial charge in [0, 0.05) is 17.3 Å². The van der Waals surface area contributed by atoms with Crippen LogP contribution in [-0.2, 0) is 6.42 Å². The highest BCUT2D eigenvalue weighted by Crippen LogP contribution is 2.28. The minimum absolute atomic E-state index is 0.508. The van der Waals surface area contributed by atoms with Crippen LogP contribution in [-0.4, -0.2) is 21.6 Å². The van der Waals surface area contributed by atoms with Crippen molar-refractivity contribution in [3.63, 3.8) is 0 Å². The molecule has 0 fully saturated rings. The molecule has 2 heterocycles. The maximum atomic E-state index is 6.16. The van der Waals surface area contributed by atoms with Crippen molar-refractivity contribution in [1.29, 1.82) is 0 Å². The Hall–Kier alpha value is -1.68. The summed E-state index contributed by atoms with van der Waals surface area (Å²) in [5, 5.41) is 0.508. The Morgan fingerprint density at radius 3 is 2.79 bits per heavy atom. The first-order chi connectivity index (χ1) is 9.26. The van der Waals surface area contributed by atoms with Gasteiger partial charge in [0.2, 0.25) is 0 Å². The van der Waals surface area contributed by atoms with Crippen molar-refractivity contribution < 1.29 is 4.74 Å². The molecule has 0 atom stereocenters. The molecule has 0 unspecified atom stereocenters. The van der Waals surface area contributed by atoms with Gasteiger partial charge in [-0.25, -0.2) is 9.97 Å². The van der Waals surface area contributed by atoms with Gasteiger partial charge in [0.25, 0.3) is 0 Å². The molecule has 0 saturated carbocycles. The quantitative estimate of drug-likeness (QED) is 0.784. The second kappa shape index (κ2) is 6.48. The summed E-state index contributed by atoms with van der Waals surface area (Å²) in [5.41, 5.74) is 2.69. The second-order valence-electron chi connectivity index (χ2n) is 4.08. The predicted molar refractivity (Wildman–Crippen MR) is 75.4 cm³/mol. The standard InChI is InChI=1S/C14H16ClN3O/c1-3-5-12-13(17-9-18-14(12)15)10-6-11(19-4-2)8-16-7-10/h6-9H,3-5H2,1-2H3. The lowest BCUT2D eigenvalue weighted by molar-refractivity contribution is 0.339. The number of ether oxygens (including phenoxy) is 1. The van der Waals surface area contributed by atoms with Crippen molar-refractivity contribution in [2.24, 2.45) is 0 Å². The number of halogens is 1. The van der Waals surface area contributed by atoms with Gasteiger partial charge in [-0.2, -0.15) is 0 Å². The fraction of sp³-hybridized carbons (Fsp3) is 0.357. The lowest BCUT2D eigenvalue weighted by atomic mass is 10.1. The average Bonchev–Trinajstić information content (AvgIpc) is 2.42. The number of aromatic nitrogens is 3. The first-order valence-electron chi connectivity index (χ1n) is 6.33. The average molecular weight is 278 g/mol. The van der Waals surface area contributed by atoms with Crippen molar-refractivity contribution in [3.8, 4) is 17.0 Å². The number of rotatable bonds is 5. The van der Waals surface area contributed by atoms with Crippen LogP contribution in [0.3, 0.4) is 0 Å². The molecule has 2 rings (SSSR count). The lowest BCUT2D eigenvalue weighted by Crippen LogP contribution is -1.98. The van der Waals surface area contributed by atoms with Crippen molar-refractivity contribution in [2.45, 2.75) is 26.7 Å². The van der Waals surface area contributed by atoms with Crippen LogP contribution in [0.2, 0.25) is 5.15 Å². The molecule has 19 heavy (non-hydrogen) atoms. The number of hydrogen-bond donors (Lipinski definition) is 0. The Morgan fingerprint density at radius 2 is 2.05 bits per heavy atom. The van der Waals surface area contributed by atoms with E-state index < -0.39 is 0 Å². The zero-order valence-electron chi connectivity index (χ0n) is 11.1. The summed E-state index contributed by atoms with van der Waals surface area (Å²) >= 11 is 6.16. The normalized spacial score (nSPS) is 10.5. The van der Waals surface area contributed by atoms with Gasteiger partial charge in [-0.3, -0.25) is 4.98 Å². The third kappa shape index (κ3) is 3.20. The molecule has 0 N–H and O–H groups in total. The van der Waals surface area contributed by atoms with Crippen molar-refractivity contribution in [1.82, 2.24) is 15.0 Å². The van der Waals surface area contributed by atoms with Crippen LogP contribution in [0, 0.1) is 0 Å². The van der Waals surface area contributed by atoms with Gasteiger partial charge in [-0.15, -0.1) is 0 Å². The van der Waals surface area contributed by atoms with Crippen LogP contribution in [0.25, 0.3) is 11.3 Å². The van der Waals surface area contributed by atoms with E-state index >= 15 is 0 Å². The minimum atomic E-state index is 0.508. The third-order valence-corrected chi connectivity index (χ3v) is 3.02. The number of hydrogen-bond acceptors (Lipinski definition) is 4. The largest absolute Gasteiger partial charge is 0.492 e. The van der Waals surface area contributed by atoms with Gasteiger partial charge in [-0.1, -0.05) is 24.9 Å². The van der Waals surface area contributed by atoms with Crippen LogP contribution in [0.5, 0.6) is 5.75 Å². The molecular weight excluding hydrogens is 262 g/mol. The number of pyridine rings is 1. The summed E-state index contributed by atoms with van der Waals surface area (Å²) in [6.07, 6.45) is 6.76. The Labute approximate surface area is 117 Å². The van der Waals surface area contributed by atoms with E-state index in [1.54, 1.807) is 12.4 Å². The molecule has 0 aromatic carbocycles. The van der Waals surface area contributed by atoms with E-state index in [2.05, 4.69) is 21.9 Å². The SMILES string of the molecule is CCCc1c(Cl)ncnc1-c1cncc(OCC)c1. The van der Waals surface area contributed by atoms with Crippen LogP contribution in [0.1, 0.15) is 25.8 Å². The summed E-state index contributed by atoms with van der Waals surface area (Å²) in [6.45, 7) is 4.65. The van der Waals surface area contributed by atoms with E-state index in [0.717, 1.165) is 35.4 Å². The molecule has 0 bridgehead atoms. The van der Waals surface area contributed by atoms with Crippen molar-refractivity contribution in [3.05, 3.63) is 35.5 Å². The fourth-order valence-electron chi connectivity index (χ4n) is 1.91. The Kier molecular flexibility index (Phi) is 4.68. The molecule has 0 spiro atoms. The molecule has 100 valence electrons.